The lowest BCUT2D eigenvalue weighted by molar-refractivity contribution is 0.141. The zero-order valence-corrected chi connectivity index (χ0v) is 12.7. The molecule has 1 aliphatic rings. The molecule has 102 valence electrons. The molecule has 3 unspecified atom stereocenters. The quantitative estimate of drug-likeness (QED) is 0.659. The molecule has 1 heteroatoms. The third-order valence-electron chi connectivity index (χ3n) is 4.43. The van der Waals surface area contributed by atoms with Crippen LogP contribution in [-0.4, -0.2) is 12.1 Å². The molecule has 0 aromatic heterocycles. The minimum absolute atomic E-state index is 0.572. The Bertz CT molecular complexity index is 210. The van der Waals surface area contributed by atoms with Crippen LogP contribution in [0.25, 0.3) is 0 Å². The summed E-state index contributed by atoms with van der Waals surface area (Å²) in [7, 11) is 0. The third-order valence-corrected chi connectivity index (χ3v) is 4.43. The van der Waals surface area contributed by atoms with E-state index in [2.05, 4.69) is 39.9 Å². The molecule has 0 saturated heterocycles. The highest BCUT2D eigenvalue weighted by Gasteiger charge is 2.32. The first-order valence-electron chi connectivity index (χ1n) is 7.70. The van der Waals surface area contributed by atoms with Crippen molar-refractivity contribution in [1.82, 2.24) is 5.32 Å². The van der Waals surface area contributed by atoms with E-state index in [1.165, 1.54) is 44.9 Å². The van der Waals surface area contributed by atoms with Crippen molar-refractivity contribution >= 4 is 0 Å². The highest BCUT2D eigenvalue weighted by atomic mass is 15.0. The summed E-state index contributed by atoms with van der Waals surface area (Å²) in [5.41, 5.74) is 0.572. The Kier molecular flexibility index (Phi) is 5.99. The highest BCUT2D eigenvalue weighted by Crippen LogP contribution is 2.38. The molecule has 0 aromatic carbocycles. The van der Waals surface area contributed by atoms with Crippen molar-refractivity contribution < 1.29 is 0 Å². The average Bonchev–Trinajstić information content (AvgIpc) is 2.22. The van der Waals surface area contributed by atoms with Crippen LogP contribution in [0.15, 0.2) is 0 Å². The molecule has 0 bridgehead atoms. The zero-order valence-electron chi connectivity index (χ0n) is 12.7. The second kappa shape index (κ2) is 6.78. The molecule has 1 rings (SSSR count). The zero-order chi connectivity index (χ0) is 12.9. The molecule has 1 saturated carbocycles. The predicted octanol–water partition coefficient (Wildman–Crippen LogP) is 4.76. The molecule has 0 radical (unpaired) electrons. The molecule has 3 atom stereocenters. The Hall–Kier alpha value is -0.0400. The summed E-state index contributed by atoms with van der Waals surface area (Å²) >= 11 is 0. The molecule has 17 heavy (non-hydrogen) atoms. The van der Waals surface area contributed by atoms with E-state index in [1.54, 1.807) is 0 Å². The van der Waals surface area contributed by atoms with Crippen LogP contribution >= 0.6 is 0 Å². The highest BCUT2D eigenvalue weighted by molar-refractivity contribution is 4.87. The molecule has 0 heterocycles. The fourth-order valence-electron chi connectivity index (χ4n) is 3.34. The maximum absolute atomic E-state index is 3.87. The van der Waals surface area contributed by atoms with Crippen LogP contribution in [0.3, 0.4) is 0 Å². The Morgan fingerprint density at radius 2 is 2.00 bits per heavy atom. The normalized spacial score (nSPS) is 30.2. The first-order valence-corrected chi connectivity index (χ1v) is 7.70. The molecular formula is C16H33N. The SMILES string of the molecule is CCCCCC(C)NC1CCC(C)(C)CC1C. The van der Waals surface area contributed by atoms with E-state index in [9.17, 15) is 0 Å². The summed E-state index contributed by atoms with van der Waals surface area (Å²) in [4.78, 5) is 0. The van der Waals surface area contributed by atoms with Gasteiger partial charge in [0.05, 0.1) is 0 Å². The summed E-state index contributed by atoms with van der Waals surface area (Å²) in [6.07, 6.45) is 9.59. The lowest BCUT2D eigenvalue weighted by atomic mass is 9.70. The lowest BCUT2D eigenvalue weighted by Crippen LogP contribution is -2.45. The van der Waals surface area contributed by atoms with Crippen molar-refractivity contribution in [3.63, 3.8) is 0 Å². The maximum Gasteiger partial charge on any atom is 0.00955 e. The molecule has 0 spiro atoms. The number of hydrogen-bond donors (Lipinski definition) is 1. The Balaban J connectivity index is 2.27. The lowest BCUT2D eigenvalue weighted by Gasteiger charge is -2.40. The van der Waals surface area contributed by atoms with Crippen LogP contribution in [0.2, 0.25) is 0 Å². The summed E-state index contributed by atoms with van der Waals surface area (Å²) < 4.78 is 0. The van der Waals surface area contributed by atoms with E-state index >= 15 is 0 Å². The molecule has 0 amide bonds. The summed E-state index contributed by atoms with van der Waals surface area (Å²) in [5, 5.41) is 3.87. The topological polar surface area (TPSA) is 12.0 Å². The van der Waals surface area contributed by atoms with E-state index in [0.29, 0.717) is 11.5 Å². The van der Waals surface area contributed by atoms with Crippen molar-refractivity contribution in [2.24, 2.45) is 11.3 Å². The number of hydrogen-bond acceptors (Lipinski definition) is 1. The van der Waals surface area contributed by atoms with E-state index in [4.69, 9.17) is 0 Å². The molecule has 0 aliphatic heterocycles. The molecule has 1 fully saturated rings. The van der Waals surface area contributed by atoms with E-state index < -0.39 is 0 Å². The van der Waals surface area contributed by atoms with Crippen LogP contribution in [-0.2, 0) is 0 Å². The van der Waals surface area contributed by atoms with Crippen LogP contribution < -0.4 is 5.32 Å². The van der Waals surface area contributed by atoms with Gasteiger partial charge in [0.1, 0.15) is 0 Å². The maximum atomic E-state index is 3.87. The fraction of sp³-hybridized carbons (Fsp3) is 1.00. The Morgan fingerprint density at radius 1 is 1.29 bits per heavy atom. The van der Waals surface area contributed by atoms with E-state index in [0.717, 1.165) is 12.0 Å². The van der Waals surface area contributed by atoms with Gasteiger partial charge in [0, 0.05) is 12.1 Å². The van der Waals surface area contributed by atoms with Crippen molar-refractivity contribution in [1.29, 1.82) is 0 Å². The van der Waals surface area contributed by atoms with Gasteiger partial charge < -0.3 is 5.32 Å². The van der Waals surface area contributed by atoms with Gasteiger partial charge in [0.15, 0.2) is 0 Å². The molecule has 1 N–H and O–H groups in total. The summed E-state index contributed by atoms with van der Waals surface area (Å²) in [6, 6.07) is 1.47. The summed E-state index contributed by atoms with van der Waals surface area (Å²) in [6.45, 7) is 11.9. The monoisotopic (exact) mass is 239 g/mol. The van der Waals surface area contributed by atoms with Gasteiger partial charge in [-0.3, -0.25) is 0 Å². The van der Waals surface area contributed by atoms with Crippen LogP contribution in [0.5, 0.6) is 0 Å². The van der Waals surface area contributed by atoms with Gasteiger partial charge in [0.2, 0.25) is 0 Å². The number of unbranched alkanes of at least 4 members (excludes halogenated alkanes) is 2. The van der Waals surface area contributed by atoms with Gasteiger partial charge in [-0.1, -0.05) is 47.0 Å². The third kappa shape index (κ3) is 5.42. The van der Waals surface area contributed by atoms with Crippen LogP contribution in [0.1, 0.15) is 79.6 Å². The van der Waals surface area contributed by atoms with Crippen LogP contribution in [0.4, 0.5) is 0 Å². The number of nitrogens with one attached hydrogen (secondary N) is 1. The summed E-state index contributed by atoms with van der Waals surface area (Å²) in [5.74, 6) is 0.840. The van der Waals surface area contributed by atoms with Gasteiger partial charge in [-0.05, 0) is 43.9 Å². The first kappa shape index (κ1) is 15.0. The van der Waals surface area contributed by atoms with E-state index in [-0.39, 0.29) is 0 Å². The second-order valence-corrected chi connectivity index (χ2v) is 7.05. The minimum atomic E-state index is 0.572. The van der Waals surface area contributed by atoms with E-state index in [1.807, 2.05) is 0 Å². The first-order chi connectivity index (χ1) is 7.94. The van der Waals surface area contributed by atoms with Gasteiger partial charge in [-0.25, -0.2) is 0 Å². The Morgan fingerprint density at radius 3 is 2.59 bits per heavy atom. The van der Waals surface area contributed by atoms with Crippen molar-refractivity contribution in [2.75, 3.05) is 0 Å². The average molecular weight is 239 g/mol. The van der Waals surface area contributed by atoms with Gasteiger partial charge in [-0.2, -0.15) is 0 Å². The molecule has 0 aromatic rings. The van der Waals surface area contributed by atoms with Crippen molar-refractivity contribution in [3.05, 3.63) is 0 Å². The number of rotatable bonds is 6. The van der Waals surface area contributed by atoms with Crippen molar-refractivity contribution in [3.8, 4) is 0 Å². The van der Waals surface area contributed by atoms with Crippen molar-refractivity contribution in [2.45, 2.75) is 91.6 Å². The Labute approximate surface area is 109 Å². The molecular weight excluding hydrogens is 206 g/mol. The van der Waals surface area contributed by atoms with Gasteiger partial charge in [0.25, 0.3) is 0 Å². The van der Waals surface area contributed by atoms with Gasteiger partial charge in [-0.15, -0.1) is 0 Å². The molecule has 1 aliphatic carbocycles. The van der Waals surface area contributed by atoms with Gasteiger partial charge >= 0.3 is 0 Å². The minimum Gasteiger partial charge on any atom is -0.311 e. The predicted molar refractivity (Wildman–Crippen MR) is 77.3 cm³/mol. The molecule has 1 nitrogen and oxygen atoms in total. The smallest absolute Gasteiger partial charge is 0.00955 e. The van der Waals surface area contributed by atoms with Crippen LogP contribution in [0, 0.1) is 11.3 Å². The standard InChI is InChI=1S/C16H33N/c1-6-7-8-9-14(3)17-15-10-11-16(4,5)12-13(15)2/h13-15,17H,6-12H2,1-5H3. The second-order valence-electron chi connectivity index (χ2n) is 7.05. The largest absolute Gasteiger partial charge is 0.311 e. The fourth-order valence-corrected chi connectivity index (χ4v) is 3.34.